The van der Waals surface area contributed by atoms with Crippen molar-refractivity contribution in [1.82, 2.24) is 9.13 Å². The first kappa shape index (κ1) is 13.1. The molecule has 1 unspecified atom stereocenters. The quantitative estimate of drug-likeness (QED) is 0.913. The zero-order chi connectivity index (χ0) is 14.2. The van der Waals surface area contributed by atoms with Gasteiger partial charge in [0.2, 0.25) is 0 Å². The Balaban J connectivity index is 2.55. The Kier molecular flexibility index (Phi) is 3.29. The minimum Gasteiger partial charge on any atom is -0.481 e. The molecule has 0 fully saturated rings. The largest absolute Gasteiger partial charge is 0.481 e. The molecule has 0 spiro atoms. The second-order valence-corrected chi connectivity index (χ2v) is 4.65. The molecule has 1 N–H and O–H groups in total. The van der Waals surface area contributed by atoms with Crippen molar-refractivity contribution in [2.24, 2.45) is 7.05 Å². The van der Waals surface area contributed by atoms with E-state index in [4.69, 9.17) is 5.11 Å². The van der Waals surface area contributed by atoms with E-state index in [0.29, 0.717) is 11.3 Å². The van der Waals surface area contributed by atoms with Crippen molar-refractivity contribution in [2.45, 2.75) is 19.8 Å². The first-order valence-electron chi connectivity index (χ1n) is 6.00. The van der Waals surface area contributed by atoms with Gasteiger partial charge in [-0.25, -0.2) is 4.79 Å². The lowest BCUT2D eigenvalue weighted by molar-refractivity contribution is -0.138. The number of carbonyl (C=O) groups is 1. The van der Waals surface area contributed by atoms with Crippen LogP contribution >= 0.6 is 0 Å². The lowest BCUT2D eigenvalue weighted by Crippen LogP contribution is -2.21. The number of rotatable bonds is 3. The number of hydrogen-bond acceptors (Lipinski definition) is 2. The molecular weight excluding hydrogens is 244 g/mol. The molecule has 0 saturated heterocycles. The van der Waals surface area contributed by atoms with E-state index in [1.165, 1.54) is 4.57 Å². The minimum absolute atomic E-state index is 0.141. The summed E-state index contributed by atoms with van der Waals surface area (Å²) in [5.41, 5.74) is 2.04. The monoisotopic (exact) mass is 260 g/mol. The number of carboxylic acids is 1. The van der Waals surface area contributed by atoms with Gasteiger partial charge in [-0.3, -0.25) is 9.36 Å². The molecule has 0 radical (unpaired) electrons. The molecule has 5 heteroatoms. The van der Waals surface area contributed by atoms with E-state index >= 15 is 0 Å². The van der Waals surface area contributed by atoms with Crippen LogP contribution in [-0.2, 0) is 11.8 Å². The van der Waals surface area contributed by atoms with Crippen LogP contribution in [0.1, 0.15) is 24.1 Å². The summed E-state index contributed by atoms with van der Waals surface area (Å²) in [6.45, 7) is 3.47. The molecule has 2 rings (SSSR count). The highest BCUT2D eigenvalue weighted by Crippen LogP contribution is 2.19. The van der Waals surface area contributed by atoms with Crippen molar-refractivity contribution in [2.75, 3.05) is 0 Å². The van der Waals surface area contributed by atoms with Crippen LogP contribution in [0.4, 0.5) is 0 Å². The zero-order valence-corrected chi connectivity index (χ0v) is 11.1. The van der Waals surface area contributed by atoms with Crippen molar-refractivity contribution < 1.29 is 9.90 Å². The minimum atomic E-state index is -0.880. The summed E-state index contributed by atoms with van der Waals surface area (Å²) >= 11 is 0. The number of hydrogen-bond donors (Lipinski definition) is 1. The third-order valence-corrected chi connectivity index (χ3v) is 3.23. The molecule has 2 aromatic rings. The predicted octanol–water partition coefficient (Wildman–Crippen LogP) is 1.67. The number of nitrogens with zero attached hydrogens (tertiary/aromatic N) is 2. The van der Waals surface area contributed by atoms with Crippen LogP contribution in [0, 0.1) is 6.92 Å². The van der Waals surface area contributed by atoms with Gasteiger partial charge in [0.1, 0.15) is 0 Å². The van der Waals surface area contributed by atoms with Gasteiger partial charge in [0.05, 0.1) is 11.6 Å². The van der Waals surface area contributed by atoms with Gasteiger partial charge < -0.3 is 9.67 Å². The van der Waals surface area contributed by atoms with E-state index in [1.807, 2.05) is 6.92 Å². The summed E-state index contributed by atoms with van der Waals surface area (Å²) in [7, 11) is 1.69. The maximum Gasteiger partial charge on any atom is 0.332 e. The molecule has 0 saturated carbocycles. The highest BCUT2D eigenvalue weighted by atomic mass is 16.4. The normalized spacial score (nSPS) is 12.4. The van der Waals surface area contributed by atoms with Gasteiger partial charge >= 0.3 is 11.7 Å². The third kappa shape index (κ3) is 2.31. The lowest BCUT2D eigenvalue weighted by atomic mass is 10.0. The van der Waals surface area contributed by atoms with Gasteiger partial charge in [-0.05, 0) is 31.5 Å². The van der Waals surface area contributed by atoms with Gasteiger partial charge in [0, 0.05) is 18.9 Å². The van der Waals surface area contributed by atoms with Crippen LogP contribution < -0.4 is 5.69 Å². The van der Waals surface area contributed by atoms with Crippen LogP contribution in [-0.4, -0.2) is 20.2 Å². The fraction of sp³-hybridized carbons (Fsp3) is 0.286. The Morgan fingerprint density at radius 3 is 2.58 bits per heavy atom. The third-order valence-electron chi connectivity index (χ3n) is 3.23. The molecule has 1 heterocycles. The van der Waals surface area contributed by atoms with Crippen molar-refractivity contribution in [1.29, 1.82) is 0 Å². The summed E-state index contributed by atoms with van der Waals surface area (Å²) in [4.78, 5) is 23.0. The lowest BCUT2D eigenvalue weighted by Gasteiger charge is -2.10. The van der Waals surface area contributed by atoms with Gasteiger partial charge in [-0.2, -0.15) is 0 Å². The molecule has 1 aromatic heterocycles. The first-order chi connectivity index (χ1) is 8.91. The van der Waals surface area contributed by atoms with E-state index in [-0.39, 0.29) is 5.69 Å². The van der Waals surface area contributed by atoms with Crippen molar-refractivity contribution >= 4 is 5.97 Å². The number of aryl methyl sites for hydroxylation is 2. The predicted molar refractivity (Wildman–Crippen MR) is 71.8 cm³/mol. The molecule has 5 nitrogen and oxygen atoms in total. The smallest absolute Gasteiger partial charge is 0.332 e. The molecule has 0 amide bonds. The van der Waals surface area contributed by atoms with Crippen molar-refractivity contribution in [3.63, 3.8) is 0 Å². The fourth-order valence-electron chi connectivity index (χ4n) is 2.09. The second-order valence-electron chi connectivity index (χ2n) is 4.65. The topological polar surface area (TPSA) is 64.2 Å². The average Bonchev–Trinajstić information content (AvgIpc) is 2.62. The first-order valence-corrected chi connectivity index (χ1v) is 6.00. The number of benzene rings is 1. The van der Waals surface area contributed by atoms with Crippen molar-refractivity contribution in [3.05, 3.63) is 52.2 Å². The van der Waals surface area contributed by atoms with E-state index in [1.54, 1.807) is 49.0 Å². The van der Waals surface area contributed by atoms with Gasteiger partial charge in [-0.15, -0.1) is 0 Å². The second kappa shape index (κ2) is 4.76. The number of aliphatic carboxylic acids is 1. The van der Waals surface area contributed by atoms with Gasteiger partial charge in [-0.1, -0.05) is 12.1 Å². The standard InChI is InChI=1S/C14H16N2O3/c1-9-8-15(3)14(19)16(9)12-6-4-5-11(7-12)10(2)13(17)18/h4-8,10H,1-3H3,(H,17,18). The summed E-state index contributed by atoms with van der Waals surface area (Å²) in [5, 5.41) is 9.04. The molecule has 19 heavy (non-hydrogen) atoms. The Morgan fingerprint density at radius 2 is 2.05 bits per heavy atom. The van der Waals surface area contributed by atoms with E-state index in [2.05, 4.69) is 0 Å². The maximum absolute atomic E-state index is 12.0. The Hall–Kier alpha value is -2.30. The number of imidazole rings is 1. The molecule has 0 aliphatic rings. The zero-order valence-electron chi connectivity index (χ0n) is 11.1. The number of aromatic nitrogens is 2. The van der Waals surface area contributed by atoms with E-state index in [0.717, 1.165) is 5.69 Å². The van der Waals surface area contributed by atoms with E-state index in [9.17, 15) is 9.59 Å². The van der Waals surface area contributed by atoms with Crippen molar-refractivity contribution in [3.8, 4) is 5.69 Å². The molecule has 1 atom stereocenters. The van der Waals surface area contributed by atoms with Crippen LogP contribution in [0.5, 0.6) is 0 Å². The Labute approximate surface area is 110 Å². The Bertz CT molecular complexity index is 682. The summed E-state index contributed by atoms with van der Waals surface area (Å²) < 4.78 is 3.07. The van der Waals surface area contributed by atoms with Crippen LogP contribution in [0.25, 0.3) is 5.69 Å². The van der Waals surface area contributed by atoms with Gasteiger partial charge in [0.15, 0.2) is 0 Å². The Morgan fingerprint density at radius 1 is 1.37 bits per heavy atom. The maximum atomic E-state index is 12.0. The molecule has 0 bridgehead atoms. The molecule has 0 aliphatic heterocycles. The van der Waals surface area contributed by atoms with Gasteiger partial charge in [0.25, 0.3) is 0 Å². The number of carboxylic acid groups (broad SMARTS) is 1. The molecule has 0 aliphatic carbocycles. The van der Waals surface area contributed by atoms with Crippen LogP contribution in [0.2, 0.25) is 0 Å². The fourth-order valence-corrected chi connectivity index (χ4v) is 2.09. The highest BCUT2D eigenvalue weighted by molar-refractivity contribution is 5.75. The highest BCUT2D eigenvalue weighted by Gasteiger charge is 2.15. The van der Waals surface area contributed by atoms with E-state index < -0.39 is 11.9 Å². The SMILES string of the molecule is Cc1cn(C)c(=O)n1-c1cccc(C(C)C(=O)O)c1. The van der Waals surface area contributed by atoms with Crippen LogP contribution in [0.3, 0.4) is 0 Å². The molecular formula is C14H16N2O3. The summed E-state index contributed by atoms with van der Waals surface area (Å²) in [6.07, 6.45) is 1.75. The van der Waals surface area contributed by atoms with Crippen LogP contribution in [0.15, 0.2) is 35.3 Å². The average molecular weight is 260 g/mol. The molecule has 1 aromatic carbocycles. The summed E-state index contributed by atoms with van der Waals surface area (Å²) in [6, 6.07) is 7.06. The molecule has 100 valence electrons. The summed E-state index contributed by atoms with van der Waals surface area (Å²) in [5.74, 6) is -1.48.